The summed E-state index contributed by atoms with van der Waals surface area (Å²) in [5, 5.41) is 10.3. The molecule has 1 aliphatic heterocycles. The maximum absolute atomic E-state index is 12.8. The first-order valence-corrected chi connectivity index (χ1v) is 8.53. The van der Waals surface area contributed by atoms with E-state index in [0.29, 0.717) is 13.2 Å². The zero-order chi connectivity index (χ0) is 18.2. The van der Waals surface area contributed by atoms with Crippen molar-refractivity contribution in [1.29, 1.82) is 0 Å². The SMILES string of the molecule is Cc1n[nH]c(C)c1[C@@H](C)C(=O)NC(C)(C)c1ccc2c(c1)OCCO2. The molecule has 2 aromatic rings. The fourth-order valence-corrected chi connectivity index (χ4v) is 3.25. The summed E-state index contributed by atoms with van der Waals surface area (Å²) in [6.07, 6.45) is 0. The number of hydrogen-bond acceptors (Lipinski definition) is 4. The quantitative estimate of drug-likeness (QED) is 0.895. The molecule has 0 spiro atoms. The van der Waals surface area contributed by atoms with Gasteiger partial charge in [-0.1, -0.05) is 6.07 Å². The summed E-state index contributed by atoms with van der Waals surface area (Å²) in [5.41, 5.74) is 3.18. The maximum Gasteiger partial charge on any atom is 0.228 e. The molecule has 0 saturated carbocycles. The molecule has 1 amide bonds. The molecule has 3 rings (SSSR count). The minimum atomic E-state index is -0.535. The summed E-state index contributed by atoms with van der Waals surface area (Å²) < 4.78 is 11.2. The number of carbonyl (C=O) groups excluding carboxylic acids is 1. The van der Waals surface area contributed by atoms with E-state index in [1.165, 1.54) is 0 Å². The first-order chi connectivity index (χ1) is 11.8. The van der Waals surface area contributed by atoms with Gasteiger partial charge in [0.05, 0.1) is 17.2 Å². The lowest BCUT2D eigenvalue weighted by Crippen LogP contribution is -2.43. The topological polar surface area (TPSA) is 76.2 Å². The molecule has 0 aliphatic carbocycles. The Kier molecular flexibility index (Phi) is 4.45. The maximum atomic E-state index is 12.8. The highest BCUT2D eigenvalue weighted by molar-refractivity contribution is 5.84. The van der Waals surface area contributed by atoms with Crippen LogP contribution < -0.4 is 14.8 Å². The van der Waals surface area contributed by atoms with Gasteiger partial charge in [0, 0.05) is 11.3 Å². The molecule has 0 unspecified atom stereocenters. The molecule has 0 bridgehead atoms. The monoisotopic (exact) mass is 343 g/mol. The van der Waals surface area contributed by atoms with E-state index in [1.54, 1.807) is 0 Å². The Balaban J connectivity index is 1.80. The van der Waals surface area contributed by atoms with E-state index in [9.17, 15) is 4.79 Å². The number of hydrogen-bond donors (Lipinski definition) is 2. The van der Waals surface area contributed by atoms with Crippen LogP contribution in [0.25, 0.3) is 0 Å². The van der Waals surface area contributed by atoms with E-state index in [-0.39, 0.29) is 11.8 Å². The highest BCUT2D eigenvalue weighted by Crippen LogP contribution is 2.34. The lowest BCUT2D eigenvalue weighted by Gasteiger charge is -2.30. The van der Waals surface area contributed by atoms with Crippen LogP contribution in [-0.2, 0) is 10.3 Å². The van der Waals surface area contributed by atoms with Crippen LogP contribution in [0.4, 0.5) is 0 Å². The molecule has 1 aliphatic rings. The molecule has 1 aromatic carbocycles. The molecule has 6 nitrogen and oxygen atoms in total. The zero-order valence-electron chi connectivity index (χ0n) is 15.4. The van der Waals surface area contributed by atoms with Crippen molar-refractivity contribution in [1.82, 2.24) is 15.5 Å². The summed E-state index contributed by atoms with van der Waals surface area (Å²) in [6, 6.07) is 5.80. The number of benzene rings is 1. The van der Waals surface area contributed by atoms with Crippen molar-refractivity contribution in [3.63, 3.8) is 0 Å². The fraction of sp³-hybridized carbons (Fsp3) is 0.474. The summed E-state index contributed by atoms with van der Waals surface area (Å²) in [7, 11) is 0. The van der Waals surface area contributed by atoms with Gasteiger partial charge in [0.1, 0.15) is 13.2 Å². The molecule has 0 radical (unpaired) electrons. The Morgan fingerprint density at radius 3 is 2.56 bits per heavy atom. The summed E-state index contributed by atoms with van der Waals surface area (Å²) >= 11 is 0. The third-order valence-corrected chi connectivity index (χ3v) is 4.71. The predicted molar refractivity (Wildman–Crippen MR) is 95.1 cm³/mol. The number of nitrogens with one attached hydrogen (secondary N) is 2. The van der Waals surface area contributed by atoms with Gasteiger partial charge in [-0.3, -0.25) is 9.89 Å². The lowest BCUT2D eigenvalue weighted by atomic mass is 9.91. The van der Waals surface area contributed by atoms with Crippen LogP contribution in [0.3, 0.4) is 0 Å². The van der Waals surface area contributed by atoms with Crippen LogP contribution in [0.2, 0.25) is 0 Å². The third kappa shape index (κ3) is 3.34. The van der Waals surface area contributed by atoms with Crippen molar-refractivity contribution in [2.75, 3.05) is 13.2 Å². The normalized spacial score (nSPS) is 14.9. The number of aryl methyl sites for hydroxylation is 2. The van der Waals surface area contributed by atoms with E-state index in [2.05, 4.69) is 15.5 Å². The van der Waals surface area contributed by atoms with Crippen LogP contribution >= 0.6 is 0 Å². The molecule has 1 aromatic heterocycles. The molecule has 2 heterocycles. The standard InChI is InChI=1S/C19H25N3O3/c1-11(17-12(2)21-22-13(17)3)18(23)20-19(4,5)14-6-7-15-16(10-14)25-9-8-24-15/h6-7,10-11H,8-9H2,1-5H3,(H,20,23)(H,21,22)/t11-/m1/s1. The number of nitrogens with zero attached hydrogens (tertiary/aromatic N) is 1. The number of H-pyrrole nitrogens is 1. The Morgan fingerprint density at radius 1 is 1.24 bits per heavy atom. The summed E-state index contributed by atoms with van der Waals surface area (Å²) in [6.45, 7) is 10.8. The van der Waals surface area contributed by atoms with E-state index >= 15 is 0 Å². The minimum absolute atomic E-state index is 0.0347. The van der Waals surface area contributed by atoms with Gasteiger partial charge in [0.15, 0.2) is 11.5 Å². The molecule has 1 atom stereocenters. The second-order valence-corrected chi connectivity index (χ2v) is 7.04. The van der Waals surface area contributed by atoms with Crippen molar-refractivity contribution >= 4 is 5.91 Å². The first kappa shape index (κ1) is 17.3. The average molecular weight is 343 g/mol. The second kappa shape index (κ2) is 6.43. The van der Waals surface area contributed by atoms with Crippen LogP contribution in [0, 0.1) is 13.8 Å². The molecule has 0 fully saturated rings. The van der Waals surface area contributed by atoms with E-state index in [4.69, 9.17) is 9.47 Å². The summed E-state index contributed by atoms with van der Waals surface area (Å²) in [5.74, 6) is 1.15. The van der Waals surface area contributed by atoms with Gasteiger partial charge in [0.2, 0.25) is 5.91 Å². The molecule has 6 heteroatoms. The molecule has 2 N–H and O–H groups in total. The predicted octanol–water partition coefficient (Wildman–Crippen LogP) is 2.95. The number of amides is 1. The number of carbonyl (C=O) groups is 1. The van der Waals surface area contributed by atoms with Crippen LogP contribution in [0.1, 0.15) is 49.2 Å². The number of aromatic amines is 1. The number of ether oxygens (including phenoxy) is 2. The minimum Gasteiger partial charge on any atom is -0.486 e. The number of aromatic nitrogens is 2. The van der Waals surface area contributed by atoms with Gasteiger partial charge in [-0.15, -0.1) is 0 Å². The van der Waals surface area contributed by atoms with Gasteiger partial charge in [-0.2, -0.15) is 5.10 Å². The highest BCUT2D eigenvalue weighted by Gasteiger charge is 2.29. The Labute approximate surface area is 147 Å². The smallest absolute Gasteiger partial charge is 0.228 e. The van der Waals surface area contributed by atoms with Crippen molar-refractivity contribution in [3.05, 3.63) is 40.7 Å². The molecular formula is C19H25N3O3. The summed E-state index contributed by atoms with van der Waals surface area (Å²) in [4.78, 5) is 12.8. The van der Waals surface area contributed by atoms with Gasteiger partial charge >= 0.3 is 0 Å². The molecule has 25 heavy (non-hydrogen) atoms. The first-order valence-electron chi connectivity index (χ1n) is 8.53. The Bertz CT molecular complexity index is 776. The van der Waals surface area contributed by atoms with Crippen LogP contribution in [-0.4, -0.2) is 29.3 Å². The van der Waals surface area contributed by atoms with Crippen LogP contribution in [0.15, 0.2) is 18.2 Å². The Morgan fingerprint density at radius 2 is 1.92 bits per heavy atom. The zero-order valence-corrected chi connectivity index (χ0v) is 15.4. The lowest BCUT2D eigenvalue weighted by molar-refractivity contribution is -0.123. The van der Waals surface area contributed by atoms with Crippen LogP contribution in [0.5, 0.6) is 11.5 Å². The van der Waals surface area contributed by atoms with E-state index in [1.807, 2.05) is 52.8 Å². The molecular weight excluding hydrogens is 318 g/mol. The second-order valence-electron chi connectivity index (χ2n) is 7.04. The van der Waals surface area contributed by atoms with Crippen molar-refractivity contribution < 1.29 is 14.3 Å². The van der Waals surface area contributed by atoms with Gasteiger partial charge < -0.3 is 14.8 Å². The number of rotatable bonds is 4. The fourth-order valence-electron chi connectivity index (χ4n) is 3.25. The molecule has 134 valence electrons. The third-order valence-electron chi connectivity index (χ3n) is 4.71. The van der Waals surface area contributed by atoms with Gasteiger partial charge in [-0.25, -0.2) is 0 Å². The van der Waals surface area contributed by atoms with Gasteiger partial charge in [-0.05, 0) is 52.3 Å². The molecule has 0 saturated heterocycles. The highest BCUT2D eigenvalue weighted by atomic mass is 16.6. The Hall–Kier alpha value is -2.50. The van der Waals surface area contributed by atoms with Crippen molar-refractivity contribution in [2.45, 2.75) is 46.1 Å². The number of fused-ring (bicyclic) bond motifs is 1. The van der Waals surface area contributed by atoms with Crippen molar-refractivity contribution in [2.24, 2.45) is 0 Å². The largest absolute Gasteiger partial charge is 0.486 e. The van der Waals surface area contributed by atoms with Crippen molar-refractivity contribution in [3.8, 4) is 11.5 Å². The van der Waals surface area contributed by atoms with Gasteiger partial charge in [0.25, 0.3) is 0 Å². The van der Waals surface area contributed by atoms with E-state index < -0.39 is 5.54 Å². The average Bonchev–Trinajstić information content (AvgIpc) is 2.92. The van der Waals surface area contributed by atoms with E-state index in [0.717, 1.165) is 34.0 Å².